The summed E-state index contributed by atoms with van der Waals surface area (Å²) in [6.07, 6.45) is -4.50. The molecule has 16 heavy (non-hydrogen) atoms. The van der Waals surface area contributed by atoms with Crippen molar-refractivity contribution < 1.29 is 22.6 Å². The molecule has 1 atom stereocenters. The van der Waals surface area contributed by atoms with Gasteiger partial charge in [-0.3, -0.25) is 0 Å². The molecule has 0 radical (unpaired) electrons. The summed E-state index contributed by atoms with van der Waals surface area (Å²) >= 11 is 0. The first kappa shape index (κ1) is 15.7. The zero-order valence-corrected chi connectivity index (χ0v) is 9.77. The van der Waals surface area contributed by atoms with Crippen LogP contribution >= 0.6 is 0 Å². The van der Waals surface area contributed by atoms with E-state index in [-0.39, 0.29) is 6.61 Å². The summed E-state index contributed by atoms with van der Waals surface area (Å²) in [4.78, 5) is 0. The van der Waals surface area contributed by atoms with Crippen LogP contribution in [-0.4, -0.2) is 45.7 Å². The van der Waals surface area contributed by atoms with Gasteiger partial charge in [-0.1, -0.05) is 0 Å². The van der Waals surface area contributed by atoms with E-state index in [0.717, 1.165) is 26.4 Å². The summed E-state index contributed by atoms with van der Waals surface area (Å²) in [6, 6.07) is 0. The summed E-state index contributed by atoms with van der Waals surface area (Å²) in [7, 11) is 1.62. The van der Waals surface area contributed by atoms with E-state index in [2.05, 4.69) is 10.1 Å². The lowest BCUT2D eigenvalue weighted by Gasteiger charge is -2.16. The van der Waals surface area contributed by atoms with Crippen LogP contribution in [-0.2, 0) is 9.47 Å². The van der Waals surface area contributed by atoms with Gasteiger partial charge in [0, 0.05) is 20.3 Å². The number of alkyl halides is 3. The maximum atomic E-state index is 12.0. The van der Waals surface area contributed by atoms with Crippen LogP contribution in [0.3, 0.4) is 0 Å². The summed E-state index contributed by atoms with van der Waals surface area (Å²) in [6.45, 7) is 3.34. The van der Waals surface area contributed by atoms with Crippen LogP contribution in [0.1, 0.15) is 19.8 Å². The van der Waals surface area contributed by atoms with E-state index in [0.29, 0.717) is 13.0 Å². The van der Waals surface area contributed by atoms with Crippen molar-refractivity contribution in [2.75, 3.05) is 33.4 Å². The molecule has 0 aliphatic heterocycles. The molecule has 0 rings (SSSR count). The fraction of sp³-hybridized carbons (Fsp3) is 1.00. The molecule has 3 nitrogen and oxygen atoms in total. The Kier molecular flexibility index (Phi) is 8.60. The number of rotatable bonds is 9. The standard InChI is InChI=1S/C10H20F3NO2/c1-9(10(11,12)13)16-7-4-3-5-14-6-8-15-2/h9,14H,3-8H2,1-2H3. The second-order valence-electron chi connectivity index (χ2n) is 3.50. The van der Waals surface area contributed by atoms with Crippen molar-refractivity contribution in [1.82, 2.24) is 5.32 Å². The van der Waals surface area contributed by atoms with E-state index in [4.69, 9.17) is 4.74 Å². The van der Waals surface area contributed by atoms with E-state index in [9.17, 15) is 13.2 Å². The Hall–Kier alpha value is -0.330. The van der Waals surface area contributed by atoms with Gasteiger partial charge in [0.1, 0.15) is 0 Å². The first-order chi connectivity index (χ1) is 7.48. The second-order valence-corrected chi connectivity index (χ2v) is 3.50. The van der Waals surface area contributed by atoms with Crippen LogP contribution in [0.4, 0.5) is 13.2 Å². The van der Waals surface area contributed by atoms with Crippen LogP contribution < -0.4 is 5.32 Å². The molecule has 98 valence electrons. The van der Waals surface area contributed by atoms with Gasteiger partial charge in [-0.2, -0.15) is 13.2 Å². The number of hydrogen-bond acceptors (Lipinski definition) is 3. The molecule has 0 aliphatic rings. The quantitative estimate of drug-likeness (QED) is 0.628. The van der Waals surface area contributed by atoms with Gasteiger partial charge in [0.2, 0.25) is 0 Å². The fourth-order valence-electron chi connectivity index (χ4n) is 1.01. The summed E-state index contributed by atoms with van der Waals surface area (Å²) in [5.74, 6) is 0. The van der Waals surface area contributed by atoms with Gasteiger partial charge in [0.25, 0.3) is 0 Å². The maximum Gasteiger partial charge on any atom is 0.414 e. The highest BCUT2D eigenvalue weighted by Gasteiger charge is 2.36. The number of halogens is 3. The van der Waals surface area contributed by atoms with E-state index >= 15 is 0 Å². The third-order valence-electron chi connectivity index (χ3n) is 2.06. The molecule has 0 fully saturated rings. The number of nitrogens with one attached hydrogen (secondary N) is 1. The SMILES string of the molecule is COCCNCCCCOC(C)C(F)(F)F. The Morgan fingerprint density at radius 3 is 2.38 bits per heavy atom. The molecule has 1 N–H and O–H groups in total. The zero-order valence-electron chi connectivity index (χ0n) is 9.77. The van der Waals surface area contributed by atoms with Crippen molar-refractivity contribution in [3.05, 3.63) is 0 Å². The smallest absolute Gasteiger partial charge is 0.383 e. The van der Waals surface area contributed by atoms with Crippen molar-refractivity contribution in [2.45, 2.75) is 32.0 Å². The highest BCUT2D eigenvalue weighted by molar-refractivity contribution is 4.60. The van der Waals surface area contributed by atoms with Gasteiger partial charge in [-0.25, -0.2) is 0 Å². The van der Waals surface area contributed by atoms with Crippen molar-refractivity contribution in [2.24, 2.45) is 0 Å². The first-order valence-electron chi connectivity index (χ1n) is 5.36. The predicted octanol–water partition coefficient (Wildman–Crippen LogP) is 1.97. The number of methoxy groups -OCH3 is 1. The van der Waals surface area contributed by atoms with Gasteiger partial charge in [0.15, 0.2) is 6.10 Å². The molecule has 0 aliphatic carbocycles. The lowest BCUT2D eigenvalue weighted by Crippen LogP contribution is -2.29. The molecule has 0 amide bonds. The van der Waals surface area contributed by atoms with Gasteiger partial charge >= 0.3 is 6.18 Å². The minimum Gasteiger partial charge on any atom is -0.383 e. The summed E-state index contributed by atoms with van der Waals surface area (Å²) < 4.78 is 45.5. The Balaban J connectivity index is 3.21. The summed E-state index contributed by atoms with van der Waals surface area (Å²) in [5, 5.41) is 3.10. The molecule has 0 aromatic carbocycles. The highest BCUT2D eigenvalue weighted by atomic mass is 19.4. The van der Waals surface area contributed by atoms with Crippen LogP contribution in [0, 0.1) is 0 Å². The molecule has 0 spiro atoms. The Labute approximate surface area is 94.3 Å². The minimum atomic E-state index is -4.25. The molecule has 6 heteroatoms. The van der Waals surface area contributed by atoms with Gasteiger partial charge in [-0.15, -0.1) is 0 Å². The number of unbranched alkanes of at least 4 members (excludes halogenated alkanes) is 1. The zero-order chi connectivity index (χ0) is 12.4. The first-order valence-corrected chi connectivity index (χ1v) is 5.36. The maximum absolute atomic E-state index is 12.0. The van der Waals surface area contributed by atoms with Gasteiger partial charge in [-0.05, 0) is 26.3 Å². The molecule has 0 aromatic rings. The number of ether oxygens (including phenoxy) is 2. The van der Waals surface area contributed by atoms with Crippen molar-refractivity contribution >= 4 is 0 Å². The minimum absolute atomic E-state index is 0.145. The Bertz CT molecular complexity index is 165. The van der Waals surface area contributed by atoms with Gasteiger partial charge < -0.3 is 14.8 Å². The topological polar surface area (TPSA) is 30.5 Å². The van der Waals surface area contributed by atoms with Crippen molar-refractivity contribution in [3.8, 4) is 0 Å². The average Bonchev–Trinajstić information content (AvgIpc) is 2.20. The Morgan fingerprint density at radius 1 is 1.12 bits per heavy atom. The second kappa shape index (κ2) is 8.78. The third-order valence-corrected chi connectivity index (χ3v) is 2.06. The van der Waals surface area contributed by atoms with Crippen molar-refractivity contribution in [3.63, 3.8) is 0 Å². The third kappa shape index (κ3) is 8.94. The molecule has 0 saturated heterocycles. The molecule has 0 heterocycles. The highest BCUT2D eigenvalue weighted by Crippen LogP contribution is 2.22. The van der Waals surface area contributed by atoms with Crippen LogP contribution in [0.15, 0.2) is 0 Å². The van der Waals surface area contributed by atoms with E-state index in [1.165, 1.54) is 0 Å². The monoisotopic (exact) mass is 243 g/mol. The van der Waals surface area contributed by atoms with Crippen LogP contribution in [0.2, 0.25) is 0 Å². The molecule has 1 unspecified atom stereocenters. The molecule has 0 aromatic heterocycles. The van der Waals surface area contributed by atoms with E-state index in [1.54, 1.807) is 7.11 Å². The van der Waals surface area contributed by atoms with Crippen LogP contribution in [0.25, 0.3) is 0 Å². The normalized spacial score (nSPS) is 14.1. The molecular weight excluding hydrogens is 223 g/mol. The fourth-order valence-corrected chi connectivity index (χ4v) is 1.01. The molecule has 0 saturated carbocycles. The van der Waals surface area contributed by atoms with E-state index < -0.39 is 12.3 Å². The predicted molar refractivity (Wildman–Crippen MR) is 55.4 cm³/mol. The molecular formula is C10H20F3NO2. The Morgan fingerprint density at radius 2 is 1.81 bits per heavy atom. The number of hydrogen-bond donors (Lipinski definition) is 1. The lowest BCUT2D eigenvalue weighted by molar-refractivity contribution is -0.214. The van der Waals surface area contributed by atoms with Crippen molar-refractivity contribution in [1.29, 1.82) is 0 Å². The molecule has 0 bridgehead atoms. The average molecular weight is 243 g/mol. The van der Waals surface area contributed by atoms with Gasteiger partial charge in [0.05, 0.1) is 6.61 Å². The van der Waals surface area contributed by atoms with Crippen LogP contribution in [0.5, 0.6) is 0 Å². The lowest BCUT2D eigenvalue weighted by atomic mass is 10.3. The van der Waals surface area contributed by atoms with E-state index in [1.807, 2.05) is 0 Å². The largest absolute Gasteiger partial charge is 0.414 e. The summed E-state index contributed by atoms with van der Waals surface area (Å²) in [5.41, 5.74) is 0.